The lowest BCUT2D eigenvalue weighted by Crippen LogP contribution is -2.08. The molecular formula is C16H12BrNO2. The molecule has 100 valence electrons. The van der Waals surface area contributed by atoms with E-state index in [1.165, 1.54) is 0 Å². The molecule has 1 N–H and O–H groups in total. The fourth-order valence-corrected chi connectivity index (χ4v) is 2.86. The van der Waals surface area contributed by atoms with Gasteiger partial charge in [-0.25, -0.2) is 4.79 Å². The van der Waals surface area contributed by atoms with Crippen LogP contribution in [-0.4, -0.2) is 15.6 Å². The Morgan fingerprint density at radius 3 is 2.70 bits per heavy atom. The molecule has 4 heteroatoms. The van der Waals surface area contributed by atoms with Gasteiger partial charge in [0.2, 0.25) is 0 Å². The van der Waals surface area contributed by atoms with Gasteiger partial charge in [-0.3, -0.25) is 0 Å². The molecular weight excluding hydrogens is 318 g/mol. The number of aromatic carboxylic acids is 1. The normalized spacial score (nSPS) is 10.8. The number of carbonyl (C=O) groups is 1. The number of rotatable bonds is 3. The van der Waals surface area contributed by atoms with Crippen LogP contribution in [0.1, 0.15) is 16.1 Å². The van der Waals surface area contributed by atoms with Gasteiger partial charge in [-0.1, -0.05) is 42.5 Å². The topological polar surface area (TPSA) is 42.2 Å². The van der Waals surface area contributed by atoms with Crippen LogP contribution < -0.4 is 0 Å². The van der Waals surface area contributed by atoms with Crippen LogP contribution in [0.25, 0.3) is 10.8 Å². The predicted octanol–water partition coefficient (Wildman–Crippen LogP) is 4.15. The number of nitrogens with zero attached hydrogens (tertiary/aromatic N) is 1. The average molecular weight is 330 g/mol. The van der Waals surface area contributed by atoms with E-state index in [-0.39, 0.29) is 5.69 Å². The summed E-state index contributed by atoms with van der Waals surface area (Å²) < 4.78 is 2.52. The third-order valence-electron chi connectivity index (χ3n) is 3.30. The molecule has 0 saturated carbocycles. The molecule has 0 aliphatic heterocycles. The van der Waals surface area contributed by atoms with Crippen molar-refractivity contribution in [1.29, 1.82) is 0 Å². The Balaban J connectivity index is 2.08. The van der Waals surface area contributed by atoms with Crippen molar-refractivity contribution in [3.63, 3.8) is 0 Å². The molecule has 0 aliphatic carbocycles. The number of hydrogen-bond acceptors (Lipinski definition) is 1. The maximum absolute atomic E-state index is 11.2. The molecule has 0 saturated heterocycles. The van der Waals surface area contributed by atoms with E-state index in [1.54, 1.807) is 16.8 Å². The van der Waals surface area contributed by atoms with Gasteiger partial charge in [0.1, 0.15) is 5.69 Å². The number of hydrogen-bond donors (Lipinski definition) is 1. The summed E-state index contributed by atoms with van der Waals surface area (Å²) in [6, 6.07) is 15.8. The largest absolute Gasteiger partial charge is 0.477 e. The molecule has 0 spiro atoms. The van der Waals surface area contributed by atoms with Crippen molar-refractivity contribution in [1.82, 2.24) is 4.57 Å². The lowest BCUT2D eigenvalue weighted by Gasteiger charge is -2.09. The Labute approximate surface area is 124 Å². The number of halogens is 1. The summed E-state index contributed by atoms with van der Waals surface area (Å²) in [5.41, 5.74) is 1.39. The fraction of sp³-hybridized carbons (Fsp3) is 0.0625. The summed E-state index contributed by atoms with van der Waals surface area (Å²) in [6.07, 6.45) is 1.80. The van der Waals surface area contributed by atoms with Crippen LogP contribution in [0, 0.1) is 0 Å². The van der Waals surface area contributed by atoms with Gasteiger partial charge in [0, 0.05) is 17.2 Å². The summed E-state index contributed by atoms with van der Waals surface area (Å²) in [5, 5.41) is 11.5. The number of benzene rings is 2. The van der Waals surface area contributed by atoms with Crippen molar-refractivity contribution in [2.45, 2.75) is 6.54 Å². The van der Waals surface area contributed by atoms with E-state index >= 15 is 0 Å². The van der Waals surface area contributed by atoms with Gasteiger partial charge in [0.15, 0.2) is 0 Å². The van der Waals surface area contributed by atoms with Crippen molar-refractivity contribution in [2.75, 3.05) is 0 Å². The highest BCUT2D eigenvalue weighted by atomic mass is 79.9. The van der Waals surface area contributed by atoms with E-state index in [2.05, 4.69) is 34.1 Å². The van der Waals surface area contributed by atoms with Crippen molar-refractivity contribution in [3.8, 4) is 0 Å². The Morgan fingerprint density at radius 2 is 1.90 bits per heavy atom. The molecule has 3 nitrogen and oxygen atoms in total. The molecule has 0 bridgehead atoms. The Bertz CT molecular complexity index is 787. The zero-order valence-electron chi connectivity index (χ0n) is 10.6. The van der Waals surface area contributed by atoms with Crippen molar-refractivity contribution < 1.29 is 9.90 Å². The van der Waals surface area contributed by atoms with Crippen LogP contribution >= 0.6 is 15.9 Å². The van der Waals surface area contributed by atoms with Crippen LogP contribution in [0.5, 0.6) is 0 Å². The van der Waals surface area contributed by atoms with Crippen LogP contribution in [0.3, 0.4) is 0 Å². The summed E-state index contributed by atoms with van der Waals surface area (Å²) in [5.74, 6) is -0.920. The maximum Gasteiger partial charge on any atom is 0.352 e. The van der Waals surface area contributed by atoms with Gasteiger partial charge in [-0.05, 0) is 38.3 Å². The van der Waals surface area contributed by atoms with Gasteiger partial charge in [-0.2, -0.15) is 0 Å². The number of aromatic nitrogens is 1. The molecule has 0 amide bonds. The number of carboxylic acids is 1. The van der Waals surface area contributed by atoms with Gasteiger partial charge in [0.25, 0.3) is 0 Å². The third-order valence-corrected chi connectivity index (χ3v) is 3.74. The number of carboxylic acid groups (broad SMARTS) is 1. The van der Waals surface area contributed by atoms with Gasteiger partial charge >= 0.3 is 5.97 Å². The molecule has 1 aromatic heterocycles. The van der Waals surface area contributed by atoms with Crippen molar-refractivity contribution >= 4 is 32.7 Å². The van der Waals surface area contributed by atoms with E-state index < -0.39 is 5.97 Å². The second kappa shape index (κ2) is 5.13. The molecule has 0 unspecified atom stereocenters. The van der Waals surface area contributed by atoms with Gasteiger partial charge in [0.05, 0.1) is 0 Å². The van der Waals surface area contributed by atoms with Crippen molar-refractivity contribution in [2.24, 2.45) is 0 Å². The minimum Gasteiger partial charge on any atom is -0.477 e. The third kappa shape index (κ3) is 2.34. The maximum atomic E-state index is 11.2. The first-order chi connectivity index (χ1) is 9.65. The Kier molecular flexibility index (Phi) is 3.32. The predicted molar refractivity (Wildman–Crippen MR) is 82.1 cm³/mol. The molecule has 0 atom stereocenters. The minimum atomic E-state index is -0.920. The highest BCUT2D eigenvalue weighted by Crippen LogP contribution is 2.22. The van der Waals surface area contributed by atoms with Gasteiger partial charge < -0.3 is 9.67 Å². The second-order valence-electron chi connectivity index (χ2n) is 4.61. The molecule has 0 radical (unpaired) electrons. The lowest BCUT2D eigenvalue weighted by atomic mass is 10.0. The molecule has 20 heavy (non-hydrogen) atoms. The summed E-state index contributed by atoms with van der Waals surface area (Å²) in [4.78, 5) is 11.2. The Morgan fingerprint density at radius 1 is 1.15 bits per heavy atom. The van der Waals surface area contributed by atoms with Crippen LogP contribution in [-0.2, 0) is 6.54 Å². The van der Waals surface area contributed by atoms with E-state index in [1.807, 2.05) is 24.3 Å². The second-order valence-corrected chi connectivity index (χ2v) is 5.53. The first kappa shape index (κ1) is 12.9. The first-order valence-electron chi connectivity index (χ1n) is 6.21. The highest BCUT2D eigenvalue weighted by Gasteiger charge is 2.12. The lowest BCUT2D eigenvalue weighted by molar-refractivity contribution is 0.0685. The van der Waals surface area contributed by atoms with Crippen LogP contribution in [0.4, 0.5) is 0 Å². The Hall–Kier alpha value is -2.07. The molecule has 0 aliphatic rings. The smallest absolute Gasteiger partial charge is 0.352 e. The van der Waals surface area contributed by atoms with E-state index in [9.17, 15) is 9.90 Å². The van der Waals surface area contributed by atoms with E-state index in [4.69, 9.17) is 0 Å². The quantitative estimate of drug-likeness (QED) is 0.784. The monoisotopic (exact) mass is 329 g/mol. The minimum absolute atomic E-state index is 0.282. The molecule has 2 aromatic carbocycles. The van der Waals surface area contributed by atoms with E-state index in [0.29, 0.717) is 6.54 Å². The zero-order valence-corrected chi connectivity index (χ0v) is 12.2. The van der Waals surface area contributed by atoms with Gasteiger partial charge in [-0.15, -0.1) is 0 Å². The van der Waals surface area contributed by atoms with E-state index in [0.717, 1.165) is 20.8 Å². The van der Waals surface area contributed by atoms with Crippen molar-refractivity contribution in [3.05, 3.63) is 70.5 Å². The summed E-state index contributed by atoms with van der Waals surface area (Å²) in [7, 11) is 0. The summed E-state index contributed by atoms with van der Waals surface area (Å²) in [6.45, 7) is 0.536. The first-order valence-corrected chi connectivity index (χ1v) is 7.00. The fourth-order valence-electron chi connectivity index (χ4n) is 2.40. The van der Waals surface area contributed by atoms with Crippen LogP contribution in [0.2, 0.25) is 0 Å². The standard InChI is InChI=1S/C16H12BrNO2/c17-13-8-15(16(19)20)18(10-13)9-12-6-3-5-11-4-1-2-7-14(11)12/h1-8,10H,9H2,(H,19,20). The molecule has 3 aromatic rings. The summed E-state index contributed by atoms with van der Waals surface area (Å²) >= 11 is 3.33. The number of fused-ring (bicyclic) bond motifs is 1. The highest BCUT2D eigenvalue weighted by molar-refractivity contribution is 9.10. The molecule has 3 rings (SSSR count). The zero-order chi connectivity index (χ0) is 14.1. The molecule has 1 heterocycles. The molecule has 0 fully saturated rings. The van der Waals surface area contributed by atoms with Crippen LogP contribution in [0.15, 0.2) is 59.2 Å². The SMILES string of the molecule is O=C(O)c1cc(Br)cn1Cc1cccc2ccccc12. The average Bonchev–Trinajstić information content (AvgIpc) is 2.80.